The molecule has 18 heavy (non-hydrogen) atoms. The van der Waals surface area contributed by atoms with Crippen molar-refractivity contribution >= 4 is 5.91 Å². The number of hydrogen-bond donors (Lipinski definition) is 0. The van der Waals surface area contributed by atoms with Crippen molar-refractivity contribution in [3.63, 3.8) is 0 Å². The van der Waals surface area contributed by atoms with E-state index in [-0.39, 0.29) is 5.91 Å². The zero-order valence-electron chi connectivity index (χ0n) is 10.8. The van der Waals surface area contributed by atoms with Crippen molar-refractivity contribution in [1.29, 1.82) is 0 Å². The van der Waals surface area contributed by atoms with Gasteiger partial charge in [-0.2, -0.15) is 0 Å². The van der Waals surface area contributed by atoms with Gasteiger partial charge in [0.15, 0.2) is 11.5 Å². The fourth-order valence-electron chi connectivity index (χ4n) is 2.81. The largest absolute Gasteiger partial charge is 0.454 e. The normalized spacial score (nSPS) is 17.3. The van der Waals surface area contributed by atoms with Gasteiger partial charge in [0.1, 0.15) is 0 Å². The van der Waals surface area contributed by atoms with Crippen LogP contribution >= 0.6 is 0 Å². The maximum Gasteiger partial charge on any atom is 0.231 e. The van der Waals surface area contributed by atoms with E-state index in [1.807, 2.05) is 4.90 Å². The lowest BCUT2D eigenvalue weighted by Crippen LogP contribution is -2.30. The highest BCUT2D eigenvalue weighted by molar-refractivity contribution is 5.73. The van der Waals surface area contributed by atoms with Crippen molar-refractivity contribution in [3.8, 4) is 11.5 Å². The topological polar surface area (TPSA) is 38.8 Å². The summed E-state index contributed by atoms with van der Waals surface area (Å²) >= 11 is 0. The Hall–Kier alpha value is -1.71. The molecule has 0 fully saturated rings. The predicted molar refractivity (Wildman–Crippen MR) is 67.0 cm³/mol. The molecule has 0 N–H and O–H groups in total. The minimum atomic E-state index is 0.153. The lowest BCUT2D eigenvalue weighted by Gasteiger charge is -2.17. The molecular formula is C14H17NO3. The van der Waals surface area contributed by atoms with Crippen LogP contribution in [0, 0.1) is 6.92 Å². The number of hydrogen-bond acceptors (Lipinski definition) is 3. The number of ether oxygens (including phenoxy) is 2. The van der Waals surface area contributed by atoms with Crippen LogP contribution in [-0.2, 0) is 17.6 Å². The van der Waals surface area contributed by atoms with E-state index in [1.165, 1.54) is 16.7 Å². The van der Waals surface area contributed by atoms with Gasteiger partial charge in [0.05, 0.1) is 0 Å². The summed E-state index contributed by atoms with van der Waals surface area (Å²) in [6, 6.07) is 2.08. The van der Waals surface area contributed by atoms with Crippen LogP contribution in [0.25, 0.3) is 0 Å². The summed E-state index contributed by atoms with van der Waals surface area (Å²) in [6.45, 7) is 5.62. The second-order valence-electron chi connectivity index (χ2n) is 4.88. The smallest absolute Gasteiger partial charge is 0.231 e. The summed E-state index contributed by atoms with van der Waals surface area (Å²) in [6.07, 6.45) is 1.80. The van der Waals surface area contributed by atoms with Crippen molar-refractivity contribution in [3.05, 3.63) is 22.8 Å². The molecule has 0 aromatic heterocycles. The van der Waals surface area contributed by atoms with Crippen molar-refractivity contribution in [2.75, 3.05) is 19.9 Å². The second kappa shape index (κ2) is 4.19. The highest BCUT2D eigenvalue weighted by Gasteiger charge is 2.24. The average molecular weight is 247 g/mol. The molecule has 0 bridgehead atoms. The van der Waals surface area contributed by atoms with Gasteiger partial charge < -0.3 is 14.4 Å². The molecule has 0 saturated heterocycles. The minimum absolute atomic E-state index is 0.153. The molecule has 0 aliphatic carbocycles. The first-order chi connectivity index (χ1) is 8.66. The third-order valence-corrected chi connectivity index (χ3v) is 3.86. The van der Waals surface area contributed by atoms with Crippen LogP contribution in [0.4, 0.5) is 0 Å². The lowest BCUT2D eigenvalue weighted by atomic mass is 9.96. The van der Waals surface area contributed by atoms with Crippen molar-refractivity contribution in [1.82, 2.24) is 4.90 Å². The van der Waals surface area contributed by atoms with Crippen molar-refractivity contribution in [2.45, 2.75) is 26.7 Å². The number of carbonyl (C=O) groups is 1. The molecule has 96 valence electrons. The SMILES string of the molecule is CC(=O)N1CCc2cc3c(c(C)c2CC1)OCO3. The first-order valence-electron chi connectivity index (χ1n) is 6.33. The third-order valence-electron chi connectivity index (χ3n) is 3.86. The summed E-state index contributed by atoms with van der Waals surface area (Å²) in [7, 11) is 0. The number of benzene rings is 1. The van der Waals surface area contributed by atoms with E-state index in [0.29, 0.717) is 6.79 Å². The van der Waals surface area contributed by atoms with Gasteiger partial charge in [0, 0.05) is 20.0 Å². The number of fused-ring (bicyclic) bond motifs is 2. The standard InChI is InChI=1S/C14H17NO3/c1-9-12-4-6-15(10(2)16)5-3-11(12)7-13-14(9)18-8-17-13/h7H,3-6,8H2,1-2H3. The Morgan fingerprint density at radius 2 is 2.06 bits per heavy atom. The Morgan fingerprint density at radius 3 is 2.83 bits per heavy atom. The molecule has 1 aromatic rings. The van der Waals surface area contributed by atoms with Crippen LogP contribution in [0.3, 0.4) is 0 Å². The monoisotopic (exact) mass is 247 g/mol. The minimum Gasteiger partial charge on any atom is -0.454 e. The van der Waals surface area contributed by atoms with Gasteiger partial charge in [0.2, 0.25) is 12.7 Å². The van der Waals surface area contributed by atoms with Gasteiger partial charge in [-0.3, -0.25) is 4.79 Å². The molecule has 0 radical (unpaired) electrons. The summed E-state index contributed by atoms with van der Waals surface area (Å²) in [5.74, 6) is 1.88. The molecule has 0 spiro atoms. The van der Waals surface area contributed by atoms with Crippen molar-refractivity contribution in [2.24, 2.45) is 0 Å². The molecule has 1 aromatic carbocycles. The van der Waals surface area contributed by atoms with Gasteiger partial charge in [-0.05, 0) is 42.5 Å². The van der Waals surface area contributed by atoms with E-state index in [2.05, 4.69) is 13.0 Å². The Balaban J connectivity index is 1.98. The Kier molecular flexibility index (Phi) is 2.65. The molecule has 0 atom stereocenters. The molecule has 2 aliphatic rings. The molecule has 4 nitrogen and oxygen atoms in total. The fraction of sp³-hybridized carbons (Fsp3) is 0.500. The molecule has 0 saturated carbocycles. The van der Waals surface area contributed by atoms with E-state index in [1.54, 1.807) is 6.92 Å². The van der Waals surface area contributed by atoms with Crippen LogP contribution in [0.15, 0.2) is 6.07 Å². The lowest BCUT2D eigenvalue weighted by molar-refractivity contribution is -0.128. The van der Waals surface area contributed by atoms with Crippen LogP contribution in [0.5, 0.6) is 11.5 Å². The zero-order valence-corrected chi connectivity index (χ0v) is 10.8. The van der Waals surface area contributed by atoms with Gasteiger partial charge in [0.25, 0.3) is 0 Å². The van der Waals surface area contributed by atoms with Gasteiger partial charge in [-0.15, -0.1) is 0 Å². The first kappa shape index (κ1) is 11.4. The van der Waals surface area contributed by atoms with E-state index < -0.39 is 0 Å². The van der Waals surface area contributed by atoms with Gasteiger partial charge in [-0.1, -0.05) is 0 Å². The number of carbonyl (C=O) groups excluding carboxylic acids is 1. The first-order valence-corrected chi connectivity index (χ1v) is 6.33. The van der Waals surface area contributed by atoms with E-state index in [9.17, 15) is 4.79 Å². The maximum atomic E-state index is 11.5. The van der Waals surface area contributed by atoms with E-state index >= 15 is 0 Å². The average Bonchev–Trinajstić information content (AvgIpc) is 2.68. The Morgan fingerprint density at radius 1 is 1.28 bits per heavy atom. The van der Waals surface area contributed by atoms with Gasteiger partial charge >= 0.3 is 0 Å². The number of nitrogens with zero attached hydrogens (tertiary/aromatic N) is 1. The Bertz CT molecular complexity index is 510. The fourth-order valence-corrected chi connectivity index (χ4v) is 2.81. The van der Waals surface area contributed by atoms with Crippen molar-refractivity contribution < 1.29 is 14.3 Å². The highest BCUT2D eigenvalue weighted by Crippen LogP contribution is 2.40. The molecule has 1 amide bonds. The zero-order chi connectivity index (χ0) is 12.7. The summed E-state index contributed by atoms with van der Waals surface area (Å²) < 4.78 is 11.0. The summed E-state index contributed by atoms with van der Waals surface area (Å²) in [5, 5.41) is 0. The number of rotatable bonds is 0. The molecule has 0 unspecified atom stereocenters. The van der Waals surface area contributed by atoms with Crippen LogP contribution in [0.1, 0.15) is 23.6 Å². The van der Waals surface area contributed by atoms with E-state index in [0.717, 1.165) is 37.4 Å². The summed E-state index contributed by atoms with van der Waals surface area (Å²) in [5.41, 5.74) is 3.79. The van der Waals surface area contributed by atoms with Crippen LogP contribution in [0.2, 0.25) is 0 Å². The Labute approximate surface area is 106 Å². The maximum absolute atomic E-state index is 11.5. The number of amides is 1. The molecule has 2 aliphatic heterocycles. The van der Waals surface area contributed by atoms with Gasteiger partial charge in [-0.25, -0.2) is 0 Å². The molecular weight excluding hydrogens is 230 g/mol. The molecule has 3 rings (SSSR count). The second-order valence-corrected chi connectivity index (χ2v) is 4.88. The predicted octanol–water partition coefficient (Wildman–Crippen LogP) is 1.67. The van der Waals surface area contributed by atoms with Crippen LogP contribution in [-0.4, -0.2) is 30.7 Å². The van der Waals surface area contributed by atoms with Crippen LogP contribution < -0.4 is 9.47 Å². The quantitative estimate of drug-likeness (QED) is 0.700. The molecule has 2 heterocycles. The molecule has 4 heteroatoms. The summed E-state index contributed by atoms with van der Waals surface area (Å²) in [4.78, 5) is 13.4. The van der Waals surface area contributed by atoms with E-state index in [4.69, 9.17) is 9.47 Å². The third kappa shape index (κ3) is 1.72. The highest BCUT2D eigenvalue weighted by atomic mass is 16.7.